The van der Waals surface area contributed by atoms with E-state index in [9.17, 15) is 0 Å². The first-order valence-corrected chi connectivity index (χ1v) is 11.8. The second-order valence-corrected chi connectivity index (χ2v) is 8.93. The van der Waals surface area contributed by atoms with E-state index in [-0.39, 0.29) is 0 Å². The molecule has 2 aliphatic rings. The molecule has 0 saturated carbocycles. The maximum absolute atomic E-state index is 6.23. The molecule has 2 unspecified atom stereocenters. The normalized spacial score (nSPS) is 20.0. The molecule has 2 aliphatic heterocycles. The monoisotopic (exact) mass is 419 g/mol. The molecule has 0 aliphatic carbocycles. The van der Waals surface area contributed by atoms with Crippen molar-refractivity contribution in [2.45, 2.75) is 57.6 Å². The summed E-state index contributed by atoms with van der Waals surface area (Å²) in [6.07, 6.45) is 8.96. The number of para-hydroxylation sites is 1. The van der Waals surface area contributed by atoms with Crippen LogP contribution in [0.1, 0.15) is 55.5 Å². The Labute approximate surface area is 184 Å². The van der Waals surface area contributed by atoms with Gasteiger partial charge in [0.2, 0.25) is 0 Å². The molecule has 1 saturated heterocycles. The molecular formula is C25H33N5O. The summed E-state index contributed by atoms with van der Waals surface area (Å²) in [7, 11) is 0. The summed E-state index contributed by atoms with van der Waals surface area (Å²) in [6.45, 7) is 6.27. The summed E-state index contributed by atoms with van der Waals surface area (Å²) in [6, 6.07) is 11.3. The molecule has 2 atom stereocenters. The molecule has 0 radical (unpaired) electrons. The number of nitrogens with zero attached hydrogens (tertiary/aromatic N) is 3. The second kappa shape index (κ2) is 9.37. The Morgan fingerprint density at radius 2 is 2.19 bits per heavy atom. The lowest BCUT2D eigenvalue weighted by Crippen LogP contribution is -2.26. The Bertz CT molecular complexity index is 1020. The van der Waals surface area contributed by atoms with Crippen LogP contribution in [0.5, 0.6) is 0 Å². The summed E-state index contributed by atoms with van der Waals surface area (Å²) in [5, 5.41) is 12.0. The molecule has 6 nitrogen and oxygen atoms in total. The van der Waals surface area contributed by atoms with Crippen LogP contribution >= 0.6 is 0 Å². The molecule has 4 heterocycles. The number of aromatic nitrogens is 3. The molecule has 31 heavy (non-hydrogen) atoms. The van der Waals surface area contributed by atoms with Gasteiger partial charge in [-0.1, -0.05) is 24.3 Å². The Hall–Kier alpha value is -2.44. The van der Waals surface area contributed by atoms with Gasteiger partial charge < -0.3 is 10.1 Å². The van der Waals surface area contributed by atoms with Crippen LogP contribution in [0.25, 0.3) is 10.9 Å². The van der Waals surface area contributed by atoms with Crippen LogP contribution in [0.3, 0.4) is 0 Å². The molecule has 2 aromatic heterocycles. The number of hydrogen-bond donors (Lipinski definition) is 2. The highest BCUT2D eigenvalue weighted by Gasteiger charge is 2.28. The number of aryl methyl sites for hydroxylation is 2. The zero-order valence-electron chi connectivity index (χ0n) is 18.4. The van der Waals surface area contributed by atoms with Crippen LogP contribution in [-0.2, 0) is 17.6 Å². The number of ether oxygens (including phenoxy) is 1. The van der Waals surface area contributed by atoms with Gasteiger partial charge in [0.1, 0.15) is 5.82 Å². The predicted molar refractivity (Wildman–Crippen MR) is 124 cm³/mol. The molecule has 1 fully saturated rings. The van der Waals surface area contributed by atoms with Crippen molar-refractivity contribution in [1.29, 1.82) is 0 Å². The topological polar surface area (TPSA) is 66.1 Å². The van der Waals surface area contributed by atoms with Gasteiger partial charge in [0.25, 0.3) is 0 Å². The lowest BCUT2D eigenvalue weighted by atomic mass is 10.0. The number of pyridine rings is 1. The van der Waals surface area contributed by atoms with E-state index in [4.69, 9.17) is 9.72 Å². The van der Waals surface area contributed by atoms with Crippen LogP contribution in [0.4, 0.5) is 5.82 Å². The average Bonchev–Trinajstić information content (AvgIpc) is 3.48. The first-order chi connectivity index (χ1) is 15.3. The van der Waals surface area contributed by atoms with Crippen molar-refractivity contribution in [3.8, 4) is 0 Å². The van der Waals surface area contributed by atoms with Crippen molar-refractivity contribution in [3.05, 3.63) is 53.3 Å². The molecule has 2 N–H and O–H groups in total. The predicted octanol–water partition coefficient (Wildman–Crippen LogP) is 4.49. The lowest BCUT2D eigenvalue weighted by molar-refractivity contribution is 0.0535. The van der Waals surface area contributed by atoms with E-state index in [1.54, 1.807) is 0 Å². The fourth-order valence-electron chi connectivity index (χ4n) is 4.94. The Kier molecular flexibility index (Phi) is 6.18. The van der Waals surface area contributed by atoms with Crippen LogP contribution < -0.4 is 5.32 Å². The zero-order valence-corrected chi connectivity index (χ0v) is 18.4. The second-order valence-electron chi connectivity index (χ2n) is 8.93. The van der Waals surface area contributed by atoms with E-state index in [2.05, 4.69) is 57.7 Å². The van der Waals surface area contributed by atoms with E-state index in [0.717, 1.165) is 69.7 Å². The zero-order chi connectivity index (χ0) is 21.0. The minimum absolute atomic E-state index is 0.342. The summed E-state index contributed by atoms with van der Waals surface area (Å²) in [5.41, 5.74) is 5.04. The molecule has 0 spiro atoms. The number of hydrogen-bond acceptors (Lipinski definition) is 5. The number of benzene rings is 1. The van der Waals surface area contributed by atoms with Crippen molar-refractivity contribution in [2.75, 3.05) is 31.6 Å². The van der Waals surface area contributed by atoms with Crippen LogP contribution in [-0.4, -0.2) is 52.4 Å². The van der Waals surface area contributed by atoms with Crippen molar-refractivity contribution in [2.24, 2.45) is 0 Å². The van der Waals surface area contributed by atoms with Gasteiger partial charge in [-0.05, 0) is 62.6 Å². The van der Waals surface area contributed by atoms with Gasteiger partial charge in [0.05, 0.1) is 17.8 Å². The quantitative estimate of drug-likeness (QED) is 0.527. The Balaban J connectivity index is 1.05. The molecular weight excluding hydrogens is 386 g/mol. The van der Waals surface area contributed by atoms with Gasteiger partial charge >= 0.3 is 0 Å². The number of anilines is 1. The molecule has 1 aromatic carbocycles. The van der Waals surface area contributed by atoms with Gasteiger partial charge in [0.15, 0.2) is 0 Å². The number of likely N-dealkylation sites (tertiary alicyclic amines) is 1. The number of fused-ring (bicyclic) bond motifs is 2. The third-order valence-electron chi connectivity index (χ3n) is 6.82. The smallest absolute Gasteiger partial charge is 0.129 e. The summed E-state index contributed by atoms with van der Waals surface area (Å²) < 4.78 is 6.23. The highest BCUT2D eigenvalue weighted by atomic mass is 16.5. The van der Waals surface area contributed by atoms with Gasteiger partial charge in [-0.25, -0.2) is 4.98 Å². The van der Waals surface area contributed by atoms with Crippen LogP contribution in [0.2, 0.25) is 0 Å². The van der Waals surface area contributed by atoms with E-state index in [1.807, 2.05) is 6.20 Å². The van der Waals surface area contributed by atoms with E-state index in [1.165, 1.54) is 28.6 Å². The fourth-order valence-corrected chi connectivity index (χ4v) is 4.94. The van der Waals surface area contributed by atoms with E-state index in [0.29, 0.717) is 12.1 Å². The average molecular weight is 420 g/mol. The van der Waals surface area contributed by atoms with Crippen molar-refractivity contribution < 1.29 is 4.74 Å². The lowest BCUT2D eigenvalue weighted by Gasteiger charge is -2.25. The van der Waals surface area contributed by atoms with Gasteiger partial charge in [0, 0.05) is 43.4 Å². The number of unbranched alkanes of at least 4 members (excludes halogenated alkanes) is 1. The van der Waals surface area contributed by atoms with Gasteiger partial charge in [-0.15, -0.1) is 0 Å². The fraction of sp³-hybridized carbons (Fsp3) is 0.520. The minimum Gasteiger partial charge on any atom is -0.377 e. The molecule has 5 rings (SSSR count). The Morgan fingerprint density at radius 3 is 3.16 bits per heavy atom. The Morgan fingerprint density at radius 1 is 1.23 bits per heavy atom. The number of H-pyrrole nitrogens is 1. The summed E-state index contributed by atoms with van der Waals surface area (Å²) in [4.78, 5) is 7.33. The third-order valence-corrected chi connectivity index (χ3v) is 6.82. The van der Waals surface area contributed by atoms with Gasteiger partial charge in [-0.2, -0.15) is 5.10 Å². The number of rotatable bonds is 8. The van der Waals surface area contributed by atoms with E-state index < -0.39 is 0 Å². The molecule has 0 amide bonds. The minimum atomic E-state index is 0.342. The van der Waals surface area contributed by atoms with E-state index >= 15 is 0 Å². The highest BCUT2D eigenvalue weighted by Crippen LogP contribution is 2.30. The third kappa shape index (κ3) is 4.60. The van der Waals surface area contributed by atoms with Crippen LogP contribution in [0, 0.1) is 0 Å². The molecule has 3 aromatic rings. The van der Waals surface area contributed by atoms with Crippen LogP contribution in [0.15, 0.2) is 36.5 Å². The molecule has 164 valence electrons. The maximum atomic E-state index is 6.23. The number of nitrogens with one attached hydrogen (secondary N) is 2. The summed E-state index contributed by atoms with van der Waals surface area (Å²) in [5.74, 6) is 1.10. The first-order valence-electron chi connectivity index (χ1n) is 11.8. The number of aromatic amines is 1. The maximum Gasteiger partial charge on any atom is 0.129 e. The SMILES string of the molecule is CC(c1cccc2cn[nH]c12)N1CCC(OCCCCc2ccc3c(n2)NCCC3)C1. The molecule has 0 bridgehead atoms. The van der Waals surface area contributed by atoms with Gasteiger partial charge in [-0.3, -0.25) is 10.00 Å². The highest BCUT2D eigenvalue weighted by molar-refractivity contribution is 5.81. The van der Waals surface area contributed by atoms with Crippen molar-refractivity contribution >= 4 is 16.7 Å². The summed E-state index contributed by atoms with van der Waals surface area (Å²) >= 11 is 0. The standard InChI is InChI=1S/C25H33N5O/c1-18(23-9-4-6-20-16-27-29-24(20)23)30-14-12-22(17-30)31-15-3-2-8-21-11-10-19-7-5-13-26-25(19)28-21/h4,6,9-11,16,18,22H,2-3,5,7-8,12-15,17H2,1H3,(H,26,28)(H,27,29). The van der Waals surface area contributed by atoms with Crippen molar-refractivity contribution in [1.82, 2.24) is 20.1 Å². The molecule has 6 heteroatoms. The first kappa shape index (κ1) is 20.5. The largest absolute Gasteiger partial charge is 0.377 e. The van der Waals surface area contributed by atoms with Crippen molar-refractivity contribution in [3.63, 3.8) is 0 Å².